The minimum Gasteiger partial charge on any atom is -0.494 e. The fourth-order valence-electron chi connectivity index (χ4n) is 8.25. The van der Waals surface area contributed by atoms with Gasteiger partial charge in [0.15, 0.2) is 0 Å². The van der Waals surface area contributed by atoms with Gasteiger partial charge in [-0.05, 0) is 195 Å². The Balaban J connectivity index is 0.742. The minimum absolute atomic E-state index is 0.0742. The van der Waals surface area contributed by atoms with E-state index in [1.54, 1.807) is 48.5 Å². The Labute approximate surface area is 492 Å². The van der Waals surface area contributed by atoms with Gasteiger partial charge >= 0.3 is 41.8 Å². The molecule has 0 atom stereocenters. The highest BCUT2D eigenvalue weighted by Crippen LogP contribution is 2.26. The summed E-state index contributed by atoms with van der Waals surface area (Å²) in [6.07, 6.45) is 11.3. The third kappa shape index (κ3) is 18.8. The van der Waals surface area contributed by atoms with Gasteiger partial charge in [-0.25, -0.2) is 33.6 Å². The van der Waals surface area contributed by atoms with Crippen LogP contribution in [-0.2, 0) is 0 Å². The Hall–Kier alpha value is -10.4. The third-order valence-corrected chi connectivity index (χ3v) is 12.9. The summed E-state index contributed by atoms with van der Waals surface area (Å²) < 4.78 is 50.1. The van der Waals surface area contributed by atoms with Gasteiger partial charge in [0.1, 0.15) is 51.7 Å². The number of carbonyl (C=O) groups is 7. The topological polar surface area (TPSA) is 203 Å². The molecule has 434 valence electrons. The van der Waals surface area contributed by atoms with Gasteiger partial charge in [0.05, 0.1) is 52.2 Å². The summed E-state index contributed by atoms with van der Waals surface area (Å²) in [5, 5.41) is 0. The van der Waals surface area contributed by atoms with Crippen molar-refractivity contribution in [1.82, 2.24) is 0 Å². The monoisotopic (exact) mass is 1150 g/mol. The Morgan fingerprint density at radius 1 is 0.235 bits per heavy atom. The standard InChI is InChI=1S/C69H62O16/c1-3-5-7-9-11-43-77-54-29-19-47(20-30-54)63(70)79-56-33-25-50(26-34-56)66(73)84-61-17-13-15-52(45-61)68(75)82-58-37-23-49(24-38-58)65(72)81-59-39-41-60(42-40-59)83-69(76)53-16-14-18-62(46-53)85-67(74)51-27-35-57(36-28-51)80-64(71)48-21-31-55(32-22-48)78-44-12-10-8-6-4-2/h13-42,45-46H,3-12,43-44H2,1-2H3. The molecule has 0 fully saturated rings. The van der Waals surface area contributed by atoms with Gasteiger partial charge in [0, 0.05) is 0 Å². The maximum absolute atomic E-state index is 13.1. The van der Waals surface area contributed by atoms with E-state index in [1.165, 1.54) is 184 Å². The molecular weight excluding hydrogens is 1080 g/mol. The van der Waals surface area contributed by atoms with E-state index < -0.39 is 41.8 Å². The van der Waals surface area contributed by atoms with E-state index in [4.69, 9.17) is 42.6 Å². The molecule has 0 saturated heterocycles. The average Bonchev–Trinajstić information content (AvgIpc) is 3.64. The second-order valence-electron chi connectivity index (χ2n) is 19.4. The van der Waals surface area contributed by atoms with Crippen molar-refractivity contribution >= 4 is 41.8 Å². The van der Waals surface area contributed by atoms with E-state index in [9.17, 15) is 33.6 Å². The number of ether oxygens (including phenoxy) is 9. The number of rotatable bonds is 28. The molecular formula is C69H62O16. The fourth-order valence-corrected chi connectivity index (χ4v) is 8.25. The second kappa shape index (κ2) is 31.2. The van der Waals surface area contributed by atoms with Gasteiger partial charge in [-0.2, -0.15) is 0 Å². The van der Waals surface area contributed by atoms with Crippen molar-refractivity contribution in [3.63, 3.8) is 0 Å². The molecule has 16 heteroatoms. The molecule has 0 unspecified atom stereocenters. The summed E-state index contributed by atoms with van der Waals surface area (Å²) in [5.41, 5.74) is 1.32. The van der Waals surface area contributed by atoms with E-state index in [1.807, 2.05) is 0 Å². The Bertz CT molecular complexity index is 3540. The van der Waals surface area contributed by atoms with Crippen molar-refractivity contribution < 1.29 is 76.2 Å². The van der Waals surface area contributed by atoms with E-state index in [-0.39, 0.29) is 68.1 Å². The van der Waals surface area contributed by atoms with Crippen LogP contribution in [-0.4, -0.2) is 55.0 Å². The SMILES string of the molecule is CCCCCCCOc1ccc(C(=O)Oc2ccc(C(=O)Oc3cccc(C(=O)Oc4ccc(OC(=O)c5ccc(OC(=O)c6cccc(OC(=O)c7ccc(OC(=O)c8ccc(OCCCCCCC)cc8)cc7)c6)cc5)cc4)c3)cc2)cc1. The summed E-state index contributed by atoms with van der Waals surface area (Å²) in [6, 6.07) is 48.1. The lowest BCUT2D eigenvalue weighted by molar-refractivity contribution is 0.0711. The molecule has 0 radical (unpaired) electrons. The number of esters is 7. The Morgan fingerprint density at radius 2 is 0.459 bits per heavy atom. The van der Waals surface area contributed by atoms with Crippen LogP contribution in [0.5, 0.6) is 51.7 Å². The normalized spacial score (nSPS) is 10.7. The smallest absolute Gasteiger partial charge is 0.343 e. The first-order valence-corrected chi connectivity index (χ1v) is 28.0. The number of hydrogen-bond acceptors (Lipinski definition) is 16. The van der Waals surface area contributed by atoms with Gasteiger partial charge in [-0.15, -0.1) is 0 Å². The quantitative estimate of drug-likeness (QED) is 0.0254. The van der Waals surface area contributed by atoms with Crippen LogP contribution in [0, 0.1) is 0 Å². The average molecular weight is 1150 g/mol. The molecule has 0 N–H and O–H groups in total. The fraction of sp³-hybridized carbons (Fsp3) is 0.203. The van der Waals surface area contributed by atoms with Crippen LogP contribution in [0.2, 0.25) is 0 Å². The molecule has 0 spiro atoms. The Morgan fingerprint density at radius 3 is 0.729 bits per heavy atom. The van der Waals surface area contributed by atoms with Crippen molar-refractivity contribution in [2.45, 2.75) is 78.1 Å². The predicted molar refractivity (Wildman–Crippen MR) is 315 cm³/mol. The molecule has 0 aliphatic rings. The van der Waals surface area contributed by atoms with Crippen molar-refractivity contribution in [3.8, 4) is 51.7 Å². The van der Waals surface area contributed by atoms with E-state index in [0.717, 1.165) is 25.7 Å². The molecule has 0 aliphatic heterocycles. The molecule has 0 aliphatic carbocycles. The number of carbonyl (C=O) groups excluding carboxylic acids is 7. The summed E-state index contributed by atoms with van der Waals surface area (Å²) in [7, 11) is 0. The van der Waals surface area contributed by atoms with Crippen molar-refractivity contribution in [1.29, 1.82) is 0 Å². The first kappa shape index (κ1) is 60.7. The second-order valence-corrected chi connectivity index (χ2v) is 19.4. The van der Waals surface area contributed by atoms with Crippen LogP contribution in [0.4, 0.5) is 0 Å². The van der Waals surface area contributed by atoms with Crippen LogP contribution < -0.4 is 42.6 Å². The third-order valence-electron chi connectivity index (χ3n) is 12.9. The lowest BCUT2D eigenvalue weighted by Gasteiger charge is -2.09. The highest BCUT2D eigenvalue weighted by Gasteiger charge is 2.19. The largest absolute Gasteiger partial charge is 0.494 e. The zero-order valence-electron chi connectivity index (χ0n) is 47.0. The van der Waals surface area contributed by atoms with Crippen molar-refractivity contribution in [2.75, 3.05) is 13.2 Å². The van der Waals surface area contributed by atoms with Gasteiger partial charge in [0.25, 0.3) is 0 Å². The highest BCUT2D eigenvalue weighted by atomic mass is 16.6. The van der Waals surface area contributed by atoms with Crippen LogP contribution in [0.15, 0.2) is 194 Å². The van der Waals surface area contributed by atoms with E-state index in [2.05, 4.69) is 13.8 Å². The van der Waals surface area contributed by atoms with Gasteiger partial charge in [0.2, 0.25) is 0 Å². The summed E-state index contributed by atoms with van der Waals surface area (Å²) in [5.74, 6) is -2.48. The molecule has 0 aromatic heterocycles. The number of benzene rings is 8. The Kier molecular flexibility index (Phi) is 22.3. The van der Waals surface area contributed by atoms with Crippen molar-refractivity contribution in [2.24, 2.45) is 0 Å². The molecule has 0 saturated carbocycles. The zero-order valence-corrected chi connectivity index (χ0v) is 47.0. The molecule has 0 amide bonds. The van der Waals surface area contributed by atoms with Crippen LogP contribution in [0.1, 0.15) is 151 Å². The molecule has 85 heavy (non-hydrogen) atoms. The highest BCUT2D eigenvalue weighted by molar-refractivity contribution is 5.96. The molecule has 8 aromatic carbocycles. The zero-order chi connectivity index (χ0) is 59.8. The van der Waals surface area contributed by atoms with E-state index in [0.29, 0.717) is 35.8 Å². The van der Waals surface area contributed by atoms with Crippen LogP contribution in [0.3, 0.4) is 0 Å². The first-order valence-electron chi connectivity index (χ1n) is 28.0. The number of unbranched alkanes of at least 4 members (excludes halogenated alkanes) is 8. The van der Waals surface area contributed by atoms with Crippen molar-refractivity contribution in [3.05, 3.63) is 233 Å². The van der Waals surface area contributed by atoms with Gasteiger partial charge in [-0.1, -0.05) is 77.3 Å². The summed E-state index contributed by atoms with van der Waals surface area (Å²) >= 11 is 0. The predicted octanol–water partition coefficient (Wildman–Crippen LogP) is 14.9. The molecule has 8 aromatic rings. The number of hydrogen-bond donors (Lipinski definition) is 0. The maximum Gasteiger partial charge on any atom is 0.343 e. The van der Waals surface area contributed by atoms with Gasteiger partial charge in [-0.3, -0.25) is 0 Å². The molecule has 16 nitrogen and oxygen atoms in total. The molecule has 0 heterocycles. The summed E-state index contributed by atoms with van der Waals surface area (Å²) in [4.78, 5) is 90.9. The van der Waals surface area contributed by atoms with E-state index >= 15 is 0 Å². The lowest BCUT2D eigenvalue weighted by Crippen LogP contribution is -2.12. The lowest BCUT2D eigenvalue weighted by atomic mass is 10.2. The molecule has 0 bridgehead atoms. The summed E-state index contributed by atoms with van der Waals surface area (Å²) in [6.45, 7) is 5.56. The molecule has 8 rings (SSSR count). The van der Waals surface area contributed by atoms with Crippen LogP contribution >= 0.6 is 0 Å². The maximum atomic E-state index is 13.1. The van der Waals surface area contributed by atoms with Gasteiger partial charge < -0.3 is 42.6 Å². The minimum atomic E-state index is -0.760. The van der Waals surface area contributed by atoms with Crippen LogP contribution in [0.25, 0.3) is 0 Å². The first-order chi connectivity index (χ1) is 41.4.